The highest BCUT2D eigenvalue weighted by molar-refractivity contribution is 5.75. The molecule has 0 saturated heterocycles. The third kappa shape index (κ3) is 3.55. The Hall–Kier alpha value is -2.69. The lowest BCUT2D eigenvalue weighted by atomic mass is 10.0. The quantitative estimate of drug-likeness (QED) is 0.925. The number of nitrogens with zero attached hydrogens (tertiary/aromatic N) is 1. The van der Waals surface area contributed by atoms with E-state index in [4.69, 9.17) is 9.47 Å². The Labute approximate surface area is 148 Å². The van der Waals surface area contributed by atoms with Gasteiger partial charge in [0.15, 0.2) is 0 Å². The van der Waals surface area contributed by atoms with Crippen molar-refractivity contribution in [2.24, 2.45) is 0 Å². The zero-order chi connectivity index (χ0) is 18.0. The van der Waals surface area contributed by atoms with E-state index in [9.17, 15) is 4.79 Å². The number of urea groups is 1. The number of fused-ring (bicyclic) bond motifs is 1. The summed E-state index contributed by atoms with van der Waals surface area (Å²) in [5.41, 5.74) is 4.40. The van der Waals surface area contributed by atoms with Gasteiger partial charge in [-0.25, -0.2) is 4.79 Å². The molecule has 0 aliphatic carbocycles. The highest BCUT2D eigenvalue weighted by Crippen LogP contribution is 2.36. The van der Waals surface area contributed by atoms with Gasteiger partial charge in [-0.3, -0.25) is 0 Å². The van der Waals surface area contributed by atoms with Crippen LogP contribution >= 0.6 is 0 Å². The number of methoxy groups -OCH3 is 1. The van der Waals surface area contributed by atoms with Crippen molar-refractivity contribution >= 4 is 6.03 Å². The summed E-state index contributed by atoms with van der Waals surface area (Å²) in [5, 5.41) is 3.06. The van der Waals surface area contributed by atoms with Crippen LogP contribution in [0.4, 0.5) is 4.79 Å². The van der Waals surface area contributed by atoms with E-state index in [2.05, 4.69) is 18.3 Å². The second kappa shape index (κ2) is 7.05. The Morgan fingerprint density at radius 1 is 1.32 bits per heavy atom. The van der Waals surface area contributed by atoms with E-state index in [-0.39, 0.29) is 12.1 Å². The van der Waals surface area contributed by atoms with E-state index in [0.29, 0.717) is 13.2 Å². The van der Waals surface area contributed by atoms with Crippen LogP contribution in [0.25, 0.3) is 0 Å². The number of benzene rings is 2. The van der Waals surface area contributed by atoms with E-state index in [1.54, 1.807) is 19.1 Å². The Balaban J connectivity index is 1.66. The second-order valence-electron chi connectivity index (χ2n) is 6.45. The van der Waals surface area contributed by atoms with E-state index < -0.39 is 0 Å². The van der Waals surface area contributed by atoms with Gasteiger partial charge in [0.1, 0.15) is 18.1 Å². The largest absolute Gasteiger partial charge is 0.497 e. The normalized spacial score (nSPS) is 15.3. The van der Waals surface area contributed by atoms with E-state index in [1.165, 1.54) is 5.56 Å². The molecule has 0 bridgehead atoms. The maximum atomic E-state index is 12.5. The van der Waals surface area contributed by atoms with Gasteiger partial charge in [-0.2, -0.15) is 0 Å². The van der Waals surface area contributed by atoms with E-state index in [0.717, 1.165) is 28.2 Å². The van der Waals surface area contributed by atoms with Crippen LogP contribution in [0.5, 0.6) is 11.5 Å². The molecule has 1 unspecified atom stereocenters. The number of carbonyl (C=O) groups is 1. The van der Waals surface area contributed by atoms with Gasteiger partial charge in [0, 0.05) is 19.2 Å². The fourth-order valence-electron chi connectivity index (χ4n) is 3.03. The maximum Gasteiger partial charge on any atom is 0.318 e. The molecular formula is C20H24N2O3. The third-order valence-corrected chi connectivity index (χ3v) is 4.68. The highest BCUT2D eigenvalue weighted by atomic mass is 16.5. The minimum absolute atomic E-state index is 0.116. The van der Waals surface area contributed by atoms with Gasteiger partial charge < -0.3 is 19.7 Å². The molecule has 0 fully saturated rings. The fourth-order valence-corrected chi connectivity index (χ4v) is 3.03. The van der Waals surface area contributed by atoms with Gasteiger partial charge in [-0.05, 0) is 42.7 Å². The van der Waals surface area contributed by atoms with Crippen molar-refractivity contribution in [3.63, 3.8) is 0 Å². The zero-order valence-electron chi connectivity index (χ0n) is 15.1. The molecular weight excluding hydrogens is 316 g/mol. The predicted molar refractivity (Wildman–Crippen MR) is 97.1 cm³/mol. The van der Waals surface area contributed by atoms with Crippen LogP contribution in [0.3, 0.4) is 0 Å². The fraction of sp³-hybridized carbons (Fsp3) is 0.350. The Kier molecular flexibility index (Phi) is 4.83. The Bertz CT molecular complexity index is 789. The summed E-state index contributed by atoms with van der Waals surface area (Å²) in [4.78, 5) is 14.2. The van der Waals surface area contributed by atoms with Crippen molar-refractivity contribution in [1.29, 1.82) is 0 Å². The summed E-state index contributed by atoms with van der Waals surface area (Å²) in [7, 11) is 3.42. The molecule has 0 aromatic heterocycles. The summed E-state index contributed by atoms with van der Waals surface area (Å²) in [6.45, 7) is 5.09. The van der Waals surface area contributed by atoms with Crippen molar-refractivity contribution in [2.45, 2.75) is 26.4 Å². The number of aryl methyl sites for hydroxylation is 1. The van der Waals surface area contributed by atoms with Crippen molar-refractivity contribution < 1.29 is 14.3 Å². The molecule has 25 heavy (non-hydrogen) atoms. The van der Waals surface area contributed by atoms with Crippen LogP contribution in [0, 0.1) is 13.8 Å². The molecule has 132 valence electrons. The lowest BCUT2D eigenvalue weighted by Crippen LogP contribution is -2.39. The number of ether oxygens (including phenoxy) is 2. The summed E-state index contributed by atoms with van der Waals surface area (Å²) in [6, 6.07) is 11.6. The number of rotatable bonds is 4. The molecule has 0 spiro atoms. The first-order valence-electron chi connectivity index (χ1n) is 8.37. The average Bonchev–Trinajstić information content (AvgIpc) is 3.01. The van der Waals surface area contributed by atoms with Crippen molar-refractivity contribution in [1.82, 2.24) is 10.2 Å². The smallest absolute Gasteiger partial charge is 0.318 e. The SMILES string of the molecule is COc1cccc(CN(C)C(=O)NC2COc3c2ccc(C)c3C)c1. The monoisotopic (exact) mass is 340 g/mol. The minimum atomic E-state index is -0.123. The third-order valence-electron chi connectivity index (χ3n) is 4.68. The van der Waals surface area contributed by atoms with Gasteiger partial charge in [0.05, 0.1) is 13.2 Å². The topological polar surface area (TPSA) is 50.8 Å². The first-order chi connectivity index (χ1) is 12.0. The molecule has 5 heteroatoms. The lowest BCUT2D eigenvalue weighted by molar-refractivity contribution is 0.199. The number of hydrogen-bond donors (Lipinski definition) is 1. The number of hydrogen-bond acceptors (Lipinski definition) is 3. The Morgan fingerprint density at radius 3 is 2.88 bits per heavy atom. The highest BCUT2D eigenvalue weighted by Gasteiger charge is 2.28. The second-order valence-corrected chi connectivity index (χ2v) is 6.45. The molecule has 2 amide bonds. The van der Waals surface area contributed by atoms with Crippen LogP contribution in [0.15, 0.2) is 36.4 Å². The minimum Gasteiger partial charge on any atom is -0.497 e. The molecule has 1 N–H and O–H groups in total. The van der Waals surface area contributed by atoms with Crippen LogP contribution in [-0.2, 0) is 6.54 Å². The summed E-state index contributed by atoms with van der Waals surface area (Å²) in [6.07, 6.45) is 0. The molecule has 1 heterocycles. The van der Waals surface area contributed by atoms with Gasteiger partial charge in [0.2, 0.25) is 0 Å². The standard InChI is InChI=1S/C20H24N2O3/c1-13-8-9-17-18(12-25-19(17)14(13)2)21-20(23)22(3)11-15-6-5-7-16(10-15)24-4/h5-10,18H,11-12H2,1-4H3,(H,21,23). The summed E-state index contributed by atoms with van der Waals surface area (Å²) in [5.74, 6) is 1.69. The van der Waals surface area contributed by atoms with Crippen LogP contribution in [0.2, 0.25) is 0 Å². The predicted octanol–water partition coefficient (Wildman–Crippen LogP) is 3.59. The van der Waals surface area contributed by atoms with Crippen LogP contribution in [0.1, 0.15) is 28.3 Å². The molecule has 1 aliphatic rings. The molecule has 5 nitrogen and oxygen atoms in total. The van der Waals surface area contributed by atoms with E-state index >= 15 is 0 Å². The van der Waals surface area contributed by atoms with Gasteiger partial charge in [0.25, 0.3) is 0 Å². The van der Waals surface area contributed by atoms with Crippen LogP contribution < -0.4 is 14.8 Å². The summed E-state index contributed by atoms with van der Waals surface area (Å²) >= 11 is 0. The van der Waals surface area contributed by atoms with Crippen molar-refractivity contribution in [3.8, 4) is 11.5 Å². The number of carbonyl (C=O) groups excluding carboxylic acids is 1. The molecule has 3 rings (SSSR count). The molecule has 0 saturated carbocycles. The van der Waals surface area contributed by atoms with Crippen molar-refractivity contribution in [2.75, 3.05) is 20.8 Å². The van der Waals surface area contributed by atoms with Gasteiger partial charge >= 0.3 is 6.03 Å². The van der Waals surface area contributed by atoms with Crippen LogP contribution in [-0.4, -0.2) is 31.7 Å². The Morgan fingerprint density at radius 2 is 2.12 bits per heavy atom. The lowest BCUT2D eigenvalue weighted by Gasteiger charge is -2.21. The van der Waals surface area contributed by atoms with Gasteiger partial charge in [-0.1, -0.05) is 24.3 Å². The molecule has 2 aromatic carbocycles. The maximum absolute atomic E-state index is 12.5. The van der Waals surface area contributed by atoms with Crippen molar-refractivity contribution in [3.05, 3.63) is 58.7 Å². The first-order valence-corrected chi connectivity index (χ1v) is 8.37. The number of nitrogens with one attached hydrogen (secondary N) is 1. The number of amides is 2. The molecule has 1 aliphatic heterocycles. The average molecular weight is 340 g/mol. The van der Waals surface area contributed by atoms with Gasteiger partial charge in [-0.15, -0.1) is 0 Å². The molecule has 2 aromatic rings. The molecule has 1 atom stereocenters. The van der Waals surface area contributed by atoms with E-state index in [1.807, 2.05) is 37.3 Å². The molecule has 0 radical (unpaired) electrons. The summed E-state index contributed by atoms with van der Waals surface area (Å²) < 4.78 is 11.0. The zero-order valence-corrected chi connectivity index (χ0v) is 15.1. The first kappa shape index (κ1) is 17.1.